The first kappa shape index (κ1) is 25.3. The van der Waals surface area contributed by atoms with Crippen molar-refractivity contribution in [2.45, 2.75) is 25.7 Å². The fourth-order valence-corrected chi connectivity index (χ4v) is 5.16. The minimum atomic E-state index is -3.94. The van der Waals surface area contributed by atoms with E-state index in [-0.39, 0.29) is 10.5 Å². The van der Waals surface area contributed by atoms with Crippen LogP contribution in [0.2, 0.25) is 5.02 Å². The number of hydrogen-bond donors (Lipinski definition) is 2. The van der Waals surface area contributed by atoms with Gasteiger partial charge in [0.05, 0.1) is 16.3 Å². The predicted octanol–water partition coefficient (Wildman–Crippen LogP) is 7.11. The van der Waals surface area contributed by atoms with E-state index in [1.54, 1.807) is 61.5 Å². The van der Waals surface area contributed by atoms with Crippen LogP contribution < -0.4 is 14.8 Å². The van der Waals surface area contributed by atoms with E-state index in [2.05, 4.69) is 10.0 Å². The summed E-state index contributed by atoms with van der Waals surface area (Å²) in [6.45, 7) is 5.45. The number of anilines is 2. The molecule has 4 aromatic carbocycles. The van der Waals surface area contributed by atoms with Crippen LogP contribution in [0.4, 0.5) is 11.4 Å². The van der Waals surface area contributed by atoms with E-state index in [1.807, 2.05) is 38.1 Å². The first-order valence-corrected chi connectivity index (χ1v) is 13.0. The van der Waals surface area contributed by atoms with E-state index >= 15 is 0 Å². The van der Waals surface area contributed by atoms with Gasteiger partial charge < -0.3 is 10.1 Å². The SMILES string of the molecule is Cc1ccc(C(=O)Nc2cc(Cl)ccc2Oc2ccccc2)cc1S(=O)(=O)Nc1cccc(C)c1C. The smallest absolute Gasteiger partial charge is 0.262 e. The van der Waals surface area contributed by atoms with Gasteiger partial charge >= 0.3 is 0 Å². The van der Waals surface area contributed by atoms with Crippen LogP contribution in [-0.2, 0) is 10.0 Å². The highest BCUT2D eigenvalue weighted by atomic mass is 35.5. The summed E-state index contributed by atoms with van der Waals surface area (Å²) in [7, 11) is -3.94. The number of carbonyl (C=O) groups is 1. The maximum Gasteiger partial charge on any atom is 0.262 e. The van der Waals surface area contributed by atoms with Crippen LogP contribution in [0, 0.1) is 20.8 Å². The summed E-state index contributed by atoms with van der Waals surface area (Å²) in [6.07, 6.45) is 0. The molecule has 0 saturated heterocycles. The molecule has 0 spiro atoms. The molecule has 1 amide bonds. The van der Waals surface area contributed by atoms with Gasteiger partial charge in [0.15, 0.2) is 5.75 Å². The number of para-hydroxylation sites is 1. The van der Waals surface area contributed by atoms with Crippen LogP contribution in [0.3, 0.4) is 0 Å². The van der Waals surface area contributed by atoms with Gasteiger partial charge in [-0.1, -0.05) is 48.0 Å². The molecule has 0 saturated carbocycles. The second kappa shape index (κ2) is 10.4. The third kappa shape index (κ3) is 5.70. The van der Waals surface area contributed by atoms with Gasteiger partial charge in [-0.25, -0.2) is 8.42 Å². The second-order valence-corrected chi connectivity index (χ2v) is 10.4. The zero-order chi connectivity index (χ0) is 25.9. The number of sulfonamides is 1. The Morgan fingerprint density at radius 2 is 1.56 bits per heavy atom. The highest BCUT2D eigenvalue weighted by Gasteiger charge is 2.21. The number of ether oxygens (including phenoxy) is 1. The number of aryl methyl sites for hydroxylation is 2. The van der Waals surface area contributed by atoms with Crippen molar-refractivity contribution >= 4 is 38.9 Å². The quantitative estimate of drug-likeness (QED) is 0.272. The first-order valence-electron chi connectivity index (χ1n) is 11.2. The van der Waals surface area contributed by atoms with Crippen molar-refractivity contribution in [3.8, 4) is 11.5 Å². The molecule has 4 aromatic rings. The lowest BCUT2D eigenvalue weighted by Gasteiger charge is -2.15. The molecule has 0 fully saturated rings. The number of rotatable bonds is 7. The zero-order valence-electron chi connectivity index (χ0n) is 20.0. The number of benzene rings is 4. The number of carbonyl (C=O) groups excluding carboxylic acids is 1. The van der Waals surface area contributed by atoms with E-state index in [9.17, 15) is 13.2 Å². The molecule has 2 N–H and O–H groups in total. The summed E-state index contributed by atoms with van der Waals surface area (Å²) in [6, 6.07) is 24.0. The summed E-state index contributed by atoms with van der Waals surface area (Å²) in [5.74, 6) is 0.491. The Labute approximate surface area is 216 Å². The van der Waals surface area contributed by atoms with Crippen molar-refractivity contribution in [1.82, 2.24) is 0 Å². The molecule has 0 aliphatic carbocycles. The second-order valence-electron chi connectivity index (χ2n) is 8.34. The molecule has 0 unspecified atom stereocenters. The Bertz CT molecular complexity index is 1540. The highest BCUT2D eigenvalue weighted by Crippen LogP contribution is 2.33. The lowest BCUT2D eigenvalue weighted by atomic mass is 10.1. The summed E-state index contributed by atoms with van der Waals surface area (Å²) in [5.41, 5.74) is 3.34. The van der Waals surface area contributed by atoms with Gasteiger partial charge in [0.2, 0.25) is 0 Å². The number of amides is 1. The van der Waals surface area contributed by atoms with Crippen LogP contribution in [0.5, 0.6) is 11.5 Å². The highest BCUT2D eigenvalue weighted by molar-refractivity contribution is 7.92. The summed E-state index contributed by atoms with van der Waals surface area (Å²) in [5, 5.41) is 3.20. The number of hydrogen-bond acceptors (Lipinski definition) is 4. The minimum absolute atomic E-state index is 0.0166. The summed E-state index contributed by atoms with van der Waals surface area (Å²) in [4.78, 5) is 13.2. The molecule has 0 aromatic heterocycles. The van der Waals surface area contributed by atoms with Crippen molar-refractivity contribution < 1.29 is 17.9 Å². The first-order chi connectivity index (χ1) is 17.1. The van der Waals surface area contributed by atoms with Crippen LogP contribution >= 0.6 is 11.6 Å². The Balaban J connectivity index is 1.62. The van der Waals surface area contributed by atoms with E-state index in [0.717, 1.165) is 11.1 Å². The molecule has 4 rings (SSSR count). The van der Waals surface area contributed by atoms with Crippen molar-refractivity contribution in [3.05, 3.63) is 112 Å². The van der Waals surface area contributed by atoms with E-state index in [0.29, 0.717) is 33.5 Å². The number of nitrogens with one attached hydrogen (secondary N) is 2. The summed E-state index contributed by atoms with van der Waals surface area (Å²) >= 11 is 6.16. The fourth-order valence-electron chi connectivity index (χ4n) is 3.59. The Morgan fingerprint density at radius 1 is 0.806 bits per heavy atom. The Morgan fingerprint density at radius 3 is 2.31 bits per heavy atom. The van der Waals surface area contributed by atoms with Crippen molar-refractivity contribution in [2.75, 3.05) is 10.0 Å². The molecule has 0 aliphatic heterocycles. The van der Waals surface area contributed by atoms with Crippen molar-refractivity contribution in [1.29, 1.82) is 0 Å². The largest absolute Gasteiger partial charge is 0.455 e. The van der Waals surface area contributed by atoms with Crippen molar-refractivity contribution in [2.24, 2.45) is 0 Å². The molecule has 0 heterocycles. The molecule has 8 heteroatoms. The monoisotopic (exact) mass is 520 g/mol. The molecular weight excluding hydrogens is 496 g/mol. The Hall–Kier alpha value is -3.81. The molecule has 36 heavy (non-hydrogen) atoms. The van der Waals surface area contributed by atoms with Gasteiger partial charge in [-0.3, -0.25) is 9.52 Å². The molecule has 0 bridgehead atoms. The molecular formula is C28H25ClN2O4S. The van der Waals surface area contributed by atoms with Gasteiger partial charge in [-0.15, -0.1) is 0 Å². The molecule has 6 nitrogen and oxygen atoms in total. The van der Waals surface area contributed by atoms with Gasteiger partial charge in [0, 0.05) is 10.6 Å². The average Bonchev–Trinajstić information content (AvgIpc) is 2.84. The maximum absolute atomic E-state index is 13.2. The van der Waals surface area contributed by atoms with E-state index < -0.39 is 15.9 Å². The van der Waals surface area contributed by atoms with Crippen LogP contribution in [0.1, 0.15) is 27.0 Å². The lowest BCUT2D eigenvalue weighted by molar-refractivity contribution is 0.102. The van der Waals surface area contributed by atoms with Gasteiger partial charge in [-0.2, -0.15) is 0 Å². The van der Waals surface area contributed by atoms with E-state index in [1.165, 1.54) is 6.07 Å². The molecule has 184 valence electrons. The number of halogens is 1. The van der Waals surface area contributed by atoms with Crippen molar-refractivity contribution in [3.63, 3.8) is 0 Å². The van der Waals surface area contributed by atoms with Gasteiger partial charge in [0.1, 0.15) is 5.75 Å². The Kier molecular flexibility index (Phi) is 7.33. The molecule has 0 aliphatic rings. The third-order valence-electron chi connectivity index (χ3n) is 5.75. The standard InChI is InChI=1S/C28H25ClN2O4S/c1-18-8-7-11-24(20(18)3)31-36(33,34)27-16-21(13-12-19(27)2)28(32)30-25-17-22(29)14-15-26(25)35-23-9-5-4-6-10-23/h4-17,31H,1-3H3,(H,30,32). The zero-order valence-corrected chi connectivity index (χ0v) is 21.6. The average molecular weight is 521 g/mol. The fraction of sp³-hybridized carbons (Fsp3) is 0.107. The lowest BCUT2D eigenvalue weighted by Crippen LogP contribution is -2.18. The molecule has 0 atom stereocenters. The molecule has 0 radical (unpaired) electrons. The van der Waals surface area contributed by atoms with Gasteiger partial charge in [-0.05, 0) is 86.0 Å². The summed E-state index contributed by atoms with van der Waals surface area (Å²) < 4.78 is 35.0. The van der Waals surface area contributed by atoms with Gasteiger partial charge in [0.25, 0.3) is 15.9 Å². The minimum Gasteiger partial charge on any atom is -0.455 e. The van der Waals surface area contributed by atoms with Crippen LogP contribution in [-0.4, -0.2) is 14.3 Å². The van der Waals surface area contributed by atoms with Crippen LogP contribution in [0.25, 0.3) is 0 Å². The maximum atomic E-state index is 13.2. The third-order valence-corrected chi connectivity index (χ3v) is 7.49. The topological polar surface area (TPSA) is 84.5 Å². The van der Waals surface area contributed by atoms with E-state index in [4.69, 9.17) is 16.3 Å². The van der Waals surface area contributed by atoms with Crippen LogP contribution in [0.15, 0.2) is 89.8 Å². The normalized spacial score (nSPS) is 11.1. The predicted molar refractivity (Wildman–Crippen MR) is 144 cm³/mol.